The summed E-state index contributed by atoms with van der Waals surface area (Å²) in [7, 11) is -3.57. The first-order valence-electron chi connectivity index (χ1n) is 4.70. The summed E-state index contributed by atoms with van der Waals surface area (Å²) in [6.07, 6.45) is 1.23. The van der Waals surface area contributed by atoms with Crippen LogP contribution in [-0.4, -0.2) is 13.2 Å². The number of rotatable bonds is 3. The van der Waals surface area contributed by atoms with E-state index in [2.05, 4.69) is 0 Å². The summed E-state index contributed by atoms with van der Waals surface area (Å²) >= 11 is 0. The minimum Gasteiger partial charge on any atom is -0.228 e. The van der Waals surface area contributed by atoms with Crippen molar-refractivity contribution in [1.82, 2.24) is 0 Å². The zero-order valence-electron chi connectivity index (χ0n) is 8.11. The Morgan fingerprint density at radius 3 is 2.40 bits per heavy atom. The Hall–Kier alpha value is -0.940. The Labute approximate surface area is 88.2 Å². The third-order valence-corrected chi connectivity index (χ3v) is 4.64. The van der Waals surface area contributed by atoms with E-state index in [1.165, 1.54) is 6.07 Å². The molecule has 1 aliphatic carbocycles. The number of sulfonamides is 1. The molecule has 82 valence electrons. The molecule has 3 nitrogen and oxygen atoms in total. The third kappa shape index (κ3) is 1.89. The summed E-state index contributed by atoms with van der Waals surface area (Å²) in [5, 5.41) is 5.12. The van der Waals surface area contributed by atoms with Crippen LogP contribution in [0, 0.1) is 5.82 Å². The smallest absolute Gasteiger partial charge is 0.215 e. The highest BCUT2D eigenvalue weighted by Crippen LogP contribution is 2.45. The van der Waals surface area contributed by atoms with E-state index in [1.807, 2.05) is 0 Å². The number of primary sulfonamides is 1. The lowest BCUT2D eigenvalue weighted by Crippen LogP contribution is -2.32. The van der Waals surface area contributed by atoms with Gasteiger partial charge in [-0.2, -0.15) is 0 Å². The van der Waals surface area contributed by atoms with Crippen LogP contribution in [0.2, 0.25) is 0 Å². The van der Waals surface area contributed by atoms with Crippen LogP contribution in [0.3, 0.4) is 0 Å². The zero-order chi connectivity index (χ0) is 11.1. The molecule has 0 bridgehead atoms. The average Bonchev–Trinajstić information content (AvgIpc) is 2.89. The van der Waals surface area contributed by atoms with Crippen molar-refractivity contribution in [3.63, 3.8) is 0 Å². The van der Waals surface area contributed by atoms with Gasteiger partial charge in [0.25, 0.3) is 0 Å². The molecule has 0 atom stereocenters. The van der Waals surface area contributed by atoms with Crippen LogP contribution in [-0.2, 0) is 16.4 Å². The number of nitrogens with two attached hydrogens (primary N) is 1. The molecule has 2 rings (SSSR count). The molecule has 2 N–H and O–H groups in total. The van der Waals surface area contributed by atoms with Crippen molar-refractivity contribution >= 4 is 10.0 Å². The molecule has 1 aromatic carbocycles. The normalized spacial score (nSPS) is 18.8. The van der Waals surface area contributed by atoms with Gasteiger partial charge in [-0.25, -0.2) is 17.9 Å². The number of halogens is 1. The molecule has 0 aromatic heterocycles. The number of hydrogen-bond acceptors (Lipinski definition) is 2. The molecular formula is C10H12FNO2S. The van der Waals surface area contributed by atoms with Crippen LogP contribution < -0.4 is 5.14 Å². The topological polar surface area (TPSA) is 60.2 Å². The zero-order valence-corrected chi connectivity index (χ0v) is 8.93. The van der Waals surface area contributed by atoms with Crippen molar-refractivity contribution in [2.24, 2.45) is 5.14 Å². The van der Waals surface area contributed by atoms with Crippen molar-refractivity contribution in [3.8, 4) is 0 Å². The summed E-state index contributed by atoms with van der Waals surface area (Å²) in [6, 6.07) is 6.20. The highest BCUT2D eigenvalue weighted by molar-refractivity contribution is 7.90. The van der Waals surface area contributed by atoms with Crippen molar-refractivity contribution < 1.29 is 12.8 Å². The highest BCUT2D eigenvalue weighted by Gasteiger charge is 2.52. The first kappa shape index (κ1) is 10.6. The second-order valence-corrected chi connectivity index (χ2v) is 5.95. The van der Waals surface area contributed by atoms with Crippen LogP contribution in [0.1, 0.15) is 18.4 Å². The molecule has 15 heavy (non-hydrogen) atoms. The molecule has 0 saturated heterocycles. The van der Waals surface area contributed by atoms with Crippen LogP contribution >= 0.6 is 0 Å². The molecule has 1 aliphatic rings. The molecule has 5 heteroatoms. The lowest BCUT2D eigenvalue weighted by Gasteiger charge is -2.12. The third-order valence-electron chi connectivity index (χ3n) is 2.88. The van der Waals surface area contributed by atoms with E-state index in [0.29, 0.717) is 18.4 Å². The van der Waals surface area contributed by atoms with Gasteiger partial charge in [-0.3, -0.25) is 0 Å². The van der Waals surface area contributed by atoms with Crippen LogP contribution in [0.15, 0.2) is 24.3 Å². The van der Waals surface area contributed by atoms with Gasteiger partial charge in [-0.1, -0.05) is 18.2 Å². The molecule has 0 aliphatic heterocycles. The Kier molecular flexibility index (Phi) is 2.31. The van der Waals surface area contributed by atoms with Crippen LogP contribution in [0.5, 0.6) is 0 Å². The fourth-order valence-electron chi connectivity index (χ4n) is 1.69. The molecule has 1 aromatic rings. The van der Waals surface area contributed by atoms with Crippen LogP contribution in [0.4, 0.5) is 4.39 Å². The largest absolute Gasteiger partial charge is 0.228 e. The first-order chi connectivity index (χ1) is 6.95. The van der Waals surface area contributed by atoms with E-state index in [-0.39, 0.29) is 12.2 Å². The maximum atomic E-state index is 13.3. The van der Waals surface area contributed by atoms with Gasteiger partial charge in [0.15, 0.2) is 0 Å². The van der Waals surface area contributed by atoms with Crippen molar-refractivity contribution in [2.45, 2.75) is 24.0 Å². The fraction of sp³-hybridized carbons (Fsp3) is 0.400. The molecule has 0 unspecified atom stereocenters. The molecule has 0 heterocycles. The molecule has 0 radical (unpaired) electrons. The van der Waals surface area contributed by atoms with E-state index in [4.69, 9.17) is 5.14 Å². The predicted octanol–water partition coefficient (Wildman–Crippen LogP) is 1.19. The Morgan fingerprint density at radius 1 is 1.33 bits per heavy atom. The van der Waals surface area contributed by atoms with Gasteiger partial charge in [-0.05, 0) is 30.9 Å². The van der Waals surface area contributed by atoms with E-state index < -0.39 is 14.8 Å². The molecular weight excluding hydrogens is 217 g/mol. The summed E-state index contributed by atoms with van der Waals surface area (Å²) in [5.41, 5.74) is 0.420. The van der Waals surface area contributed by atoms with Gasteiger partial charge in [0.05, 0.1) is 4.75 Å². The molecule has 1 saturated carbocycles. The van der Waals surface area contributed by atoms with Crippen LogP contribution in [0.25, 0.3) is 0 Å². The van der Waals surface area contributed by atoms with E-state index in [1.54, 1.807) is 18.2 Å². The predicted molar refractivity (Wildman–Crippen MR) is 55.2 cm³/mol. The van der Waals surface area contributed by atoms with Gasteiger partial charge in [-0.15, -0.1) is 0 Å². The van der Waals surface area contributed by atoms with Gasteiger partial charge < -0.3 is 0 Å². The monoisotopic (exact) mass is 229 g/mol. The Morgan fingerprint density at radius 2 is 1.93 bits per heavy atom. The van der Waals surface area contributed by atoms with Gasteiger partial charge in [0.1, 0.15) is 5.82 Å². The highest BCUT2D eigenvalue weighted by atomic mass is 32.2. The second kappa shape index (κ2) is 3.28. The maximum Gasteiger partial charge on any atom is 0.215 e. The van der Waals surface area contributed by atoms with E-state index in [0.717, 1.165) is 0 Å². The van der Waals surface area contributed by atoms with Gasteiger partial charge >= 0.3 is 0 Å². The molecule has 1 fully saturated rings. The Bertz CT molecular complexity index is 480. The second-order valence-electron chi connectivity index (χ2n) is 4.00. The maximum absolute atomic E-state index is 13.3. The fourth-order valence-corrected chi connectivity index (χ4v) is 2.72. The van der Waals surface area contributed by atoms with Crippen molar-refractivity contribution in [3.05, 3.63) is 35.6 Å². The van der Waals surface area contributed by atoms with Crippen molar-refractivity contribution in [1.29, 1.82) is 0 Å². The van der Waals surface area contributed by atoms with E-state index in [9.17, 15) is 12.8 Å². The number of hydrogen-bond donors (Lipinski definition) is 1. The lowest BCUT2D eigenvalue weighted by atomic mass is 10.1. The quantitative estimate of drug-likeness (QED) is 0.846. The molecule has 0 amide bonds. The Balaban J connectivity index is 2.28. The molecule has 0 spiro atoms. The average molecular weight is 229 g/mol. The number of benzene rings is 1. The van der Waals surface area contributed by atoms with E-state index >= 15 is 0 Å². The summed E-state index contributed by atoms with van der Waals surface area (Å²) < 4.78 is 35.0. The minimum absolute atomic E-state index is 0.179. The standard InChI is InChI=1S/C10H12FNO2S/c11-9-4-2-1-3-8(9)7-10(5-6-10)15(12,13)14/h1-4H,5-7H2,(H2,12,13,14). The summed E-state index contributed by atoms with van der Waals surface area (Å²) in [5.74, 6) is -0.368. The SMILES string of the molecule is NS(=O)(=O)C1(Cc2ccccc2F)CC1. The minimum atomic E-state index is -3.57. The van der Waals surface area contributed by atoms with Gasteiger partial charge in [0, 0.05) is 0 Å². The summed E-state index contributed by atoms with van der Waals surface area (Å²) in [4.78, 5) is 0. The van der Waals surface area contributed by atoms with Crippen molar-refractivity contribution in [2.75, 3.05) is 0 Å². The first-order valence-corrected chi connectivity index (χ1v) is 6.25. The van der Waals surface area contributed by atoms with Gasteiger partial charge in [0.2, 0.25) is 10.0 Å². The lowest BCUT2D eigenvalue weighted by molar-refractivity contribution is 0.568. The summed E-state index contributed by atoms with van der Waals surface area (Å²) in [6.45, 7) is 0.